The second kappa shape index (κ2) is 10.1. The summed E-state index contributed by atoms with van der Waals surface area (Å²) in [5.74, 6) is -0.0176. The standard InChI is InChI=1S/C25H22F3N3O4/c1-34-11-9-21-18(13-29-24(30-21)16-2-4-19(5-3-16)25(26,27)28)15-35-20-6-7-22-17(12-20)8-10-31(22)14-23(32)33/h2-8,10,12-13H,9,11,14-15H2,1H3,(H,32,33). The summed E-state index contributed by atoms with van der Waals surface area (Å²) < 4.78 is 51.3. The first-order valence-electron chi connectivity index (χ1n) is 10.7. The number of nitrogens with zero attached hydrogens (tertiary/aromatic N) is 3. The largest absolute Gasteiger partial charge is 0.489 e. The Morgan fingerprint density at radius 3 is 2.57 bits per heavy atom. The molecular formula is C25H22F3N3O4. The lowest BCUT2D eigenvalue weighted by atomic mass is 10.1. The van der Waals surface area contributed by atoms with Gasteiger partial charge in [-0.3, -0.25) is 4.79 Å². The molecule has 2 aromatic carbocycles. The van der Waals surface area contributed by atoms with Crippen LogP contribution in [-0.2, 0) is 35.3 Å². The molecule has 0 aliphatic carbocycles. The van der Waals surface area contributed by atoms with Crippen LogP contribution >= 0.6 is 0 Å². The van der Waals surface area contributed by atoms with Crippen molar-refractivity contribution in [2.24, 2.45) is 0 Å². The molecule has 0 unspecified atom stereocenters. The Morgan fingerprint density at radius 2 is 1.89 bits per heavy atom. The fourth-order valence-electron chi connectivity index (χ4n) is 3.64. The number of halogens is 3. The number of methoxy groups -OCH3 is 1. The van der Waals surface area contributed by atoms with Gasteiger partial charge in [-0.1, -0.05) is 12.1 Å². The first-order chi connectivity index (χ1) is 16.7. The maximum atomic E-state index is 12.9. The second-order valence-corrected chi connectivity index (χ2v) is 7.83. The van der Waals surface area contributed by atoms with Crippen molar-refractivity contribution in [3.63, 3.8) is 0 Å². The molecule has 0 amide bonds. The molecule has 10 heteroatoms. The van der Waals surface area contributed by atoms with E-state index in [2.05, 4.69) is 9.97 Å². The van der Waals surface area contributed by atoms with Crippen molar-refractivity contribution in [1.82, 2.24) is 14.5 Å². The Balaban J connectivity index is 1.53. The third kappa shape index (κ3) is 5.78. The number of carboxylic acid groups (broad SMARTS) is 1. The Bertz CT molecular complexity index is 1330. The van der Waals surface area contributed by atoms with Crippen molar-refractivity contribution >= 4 is 16.9 Å². The van der Waals surface area contributed by atoms with E-state index in [4.69, 9.17) is 14.6 Å². The molecule has 0 saturated carbocycles. The van der Waals surface area contributed by atoms with E-state index in [9.17, 15) is 18.0 Å². The summed E-state index contributed by atoms with van der Waals surface area (Å²) in [5.41, 5.74) is 1.91. The van der Waals surface area contributed by atoms with E-state index in [0.717, 1.165) is 28.6 Å². The van der Waals surface area contributed by atoms with E-state index in [1.165, 1.54) is 12.1 Å². The molecule has 0 aliphatic rings. The van der Waals surface area contributed by atoms with Crippen LogP contribution in [0.15, 0.2) is 60.9 Å². The number of benzene rings is 2. The number of carbonyl (C=O) groups is 1. The minimum Gasteiger partial charge on any atom is -0.489 e. The summed E-state index contributed by atoms with van der Waals surface area (Å²) in [6, 6.07) is 11.9. The quantitative estimate of drug-likeness (QED) is 0.360. The fraction of sp³-hybridized carbons (Fsp3) is 0.240. The number of aliphatic carboxylic acids is 1. The van der Waals surface area contributed by atoms with Crippen LogP contribution in [0.5, 0.6) is 5.75 Å². The van der Waals surface area contributed by atoms with Gasteiger partial charge < -0.3 is 19.1 Å². The molecule has 182 valence electrons. The van der Waals surface area contributed by atoms with Crippen LogP contribution in [0.4, 0.5) is 13.2 Å². The minimum absolute atomic E-state index is 0.130. The van der Waals surface area contributed by atoms with Crippen LogP contribution < -0.4 is 4.74 Å². The summed E-state index contributed by atoms with van der Waals surface area (Å²) >= 11 is 0. The molecule has 1 N–H and O–H groups in total. The van der Waals surface area contributed by atoms with Gasteiger partial charge >= 0.3 is 12.1 Å². The molecule has 0 saturated heterocycles. The van der Waals surface area contributed by atoms with Crippen LogP contribution in [-0.4, -0.2) is 39.3 Å². The number of ether oxygens (including phenoxy) is 2. The van der Waals surface area contributed by atoms with Gasteiger partial charge in [-0.25, -0.2) is 9.97 Å². The minimum atomic E-state index is -4.41. The third-order valence-corrected chi connectivity index (χ3v) is 5.41. The van der Waals surface area contributed by atoms with Crippen LogP contribution in [0.25, 0.3) is 22.3 Å². The Labute approximate surface area is 198 Å². The van der Waals surface area contributed by atoms with E-state index in [0.29, 0.717) is 35.9 Å². The maximum absolute atomic E-state index is 12.9. The molecule has 0 bridgehead atoms. The van der Waals surface area contributed by atoms with Crippen molar-refractivity contribution in [2.45, 2.75) is 25.7 Å². The zero-order valence-electron chi connectivity index (χ0n) is 18.7. The molecule has 0 radical (unpaired) electrons. The molecule has 0 spiro atoms. The van der Waals surface area contributed by atoms with Crippen molar-refractivity contribution in [3.05, 3.63) is 77.7 Å². The van der Waals surface area contributed by atoms with Crippen molar-refractivity contribution in [2.75, 3.05) is 13.7 Å². The average molecular weight is 485 g/mol. The highest BCUT2D eigenvalue weighted by atomic mass is 19.4. The molecule has 7 nitrogen and oxygen atoms in total. The zero-order valence-corrected chi connectivity index (χ0v) is 18.7. The number of hydrogen-bond acceptors (Lipinski definition) is 5. The van der Waals surface area contributed by atoms with Crippen molar-refractivity contribution in [1.29, 1.82) is 0 Å². The van der Waals surface area contributed by atoms with Gasteiger partial charge in [0.25, 0.3) is 0 Å². The number of rotatable bonds is 9. The summed E-state index contributed by atoms with van der Waals surface area (Å²) in [6.45, 7) is 0.447. The van der Waals surface area contributed by atoms with Crippen molar-refractivity contribution < 1.29 is 32.5 Å². The maximum Gasteiger partial charge on any atom is 0.416 e. The molecule has 35 heavy (non-hydrogen) atoms. The van der Waals surface area contributed by atoms with Crippen LogP contribution in [0.1, 0.15) is 16.8 Å². The SMILES string of the molecule is COCCc1nc(-c2ccc(C(F)(F)F)cc2)ncc1COc1ccc2c(ccn2CC(=O)O)c1. The first-order valence-corrected chi connectivity index (χ1v) is 10.7. The first kappa shape index (κ1) is 24.2. The van der Waals surface area contributed by atoms with Gasteiger partial charge in [-0.15, -0.1) is 0 Å². The van der Waals surface area contributed by atoms with E-state index in [1.54, 1.807) is 36.2 Å². The summed E-state index contributed by atoms with van der Waals surface area (Å²) in [5, 5.41) is 9.87. The highest BCUT2D eigenvalue weighted by molar-refractivity contribution is 5.83. The van der Waals surface area contributed by atoms with E-state index >= 15 is 0 Å². The van der Waals surface area contributed by atoms with Crippen LogP contribution in [0, 0.1) is 0 Å². The molecule has 2 heterocycles. The van der Waals surface area contributed by atoms with E-state index < -0.39 is 17.7 Å². The lowest BCUT2D eigenvalue weighted by Crippen LogP contribution is -2.08. The average Bonchev–Trinajstić information content (AvgIpc) is 3.22. The second-order valence-electron chi connectivity index (χ2n) is 7.83. The number of aromatic nitrogens is 3. The van der Waals surface area contributed by atoms with E-state index in [-0.39, 0.29) is 13.2 Å². The highest BCUT2D eigenvalue weighted by Crippen LogP contribution is 2.30. The lowest BCUT2D eigenvalue weighted by Gasteiger charge is -2.12. The van der Waals surface area contributed by atoms with Gasteiger partial charge in [0.05, 0.1) is 17.9 Å². The summed E-state index contributed by atoms with van der Waals surface area (Å²) in [7, 11) is 1.57. The molecular weight excluding hydrogens is 463 g/mol. The molecule has 0 fully saturated rings. The normalized spacial score (nSPS) is 11.7. The topological polar surface area (TPSA) is 86.5 Å². The van der Waals surface area contributed by atoms with Gasteiger partial charge in [-0.2, -0.15) is 13.2 Å². The molecule has 4 rings (SSSR count). The highest BCUT2D eigenvalue weighted by Gasteiger charge is 2.30. The Hall–Kier alpha value is -3.92. The van der Waals surface area contributed by atoms with Crippen LogP contribution in [0.3, 0.4) is 0 Å². The molecule has 4 aromatic rings. The van der Waals surface area contributed by atoms with Crippen LogP contribution in [0.2, 0.25) is 0 Å². The lowest BCUT2D eigenvalue weighted by molar-refractivity contribution is -0.138. The van der Waals surface area contributed by atoms with Gasteiger partial charge in [0.1, 0.15) is 18.9 Å². The Morgan fingerprint density at radius 1 is 1.11 bits per heavy atom. The number of fused-ring (bicyclic) bond motifs is 1. The predicted molar refractivity (Wildman–Crippen MR) is 122 cm³/mol. The third-order valence-electron chi connectivity index (χ3n) is 5.41. The molecule has 0 aliphatic heterocycles. The fourth-order valence-corrected chi connectivity index (χ4v) is 3.64. The van der Waals surface area contributed by atoms with E-state index in [1.807, 2.05) is 12.1 Å². The number of hydrogen-bond donors (Lipinski definition) is 1. The predicted octanol–water partition coefficient (Wildman–Crippen LogP) is 4.97. The van der Waals surface area contributed by atoms with Gasteiger partial charge in [-0.05, 0) is 36.4 Å². The smallest absolute Gasteiger partial charge is 0.416 e. The number of carboxylic acids is 1. The molecule has 0 atom stereocenters. The zero-order chi connectivity index (χ0) is 25.0. The summed E-state index contributed by atoms with van der Waals surface area (Å²) in [4.78, 5) is 19.9. The molecule has 2 aromatic heterocycles. The van der Waals surface area contributed by atoms with Crippen molar-refractivity contribution in [3.8, 4) is 17.1 Å². The summed E-state index contributed by atoms with van der Waals surface area (Å²) in [6.07, 6.45) is -0.624. The van der Waals surface area contributed by atoms with Gasteiger partial charge in [0.2, 0.25) is 0 Å². The van der Waals surface area contributed by atoms with Gasteiger partial charge in [0, 0.05) is 48.0 Å². The number of alkyl halides is 3. The monoisotopic (exact) mass is 485 g/mol. The Kier molecular flexibility index (Phi) is 7.02. The van der Waals surface area contributed by atoms with Gasteiger partial charge in [0.15, 0.2) is 5.82 Å².